The molecule has 3 atom stereocenters. The predicted octanol–water partition coefficient (Wildman–Crippen LogP) is 0.895. The number of amides is 1. The molecule has 6 nitrogen and oxygen atoms in total. The number of aliphatic carboxylic acids is 1. The molecular formula is C17H24N2O4. The highest BCUT2D eigenvalue weighted by Crippen LogP contribution is 2.20. The summed E-state index contributed by atoms with van der Waals surface area (Å²) in [6, 6.07) is 9.13. The van der Waals surface area contributed by atoms with Crippen molar-refractivity contribution >= 4 is 11.9 Å². The molecule has 0 radical (unpaired) electrons. The second kappa shape index (κ2) is 8.08. The van der Waals surface area contributed by atoms with Crippen LogP contribution in [0.1, 0.15) is 18.4 Å². The van der Waals surface area contributed by atoms with E-state index in [1.807, 2.05) is 30.3 Å². The summed E-state index contributed by atoms with van der Waals surface area (Å²) in [6.45, 7) is 0.989. The first-order valence-electron chi connectivity index (χ1n) is 7.84. The molecule has 1 unspecified atom stereocenters. The predicted molar refractivity (Wildman–Crippen MR) is 85.9 cm³/mol. The van der Waals surface area contributed by atoms with Crippen LogP contribution in [0.2, 0.25) is 0 Å². The zero-order chi connectivity index (χ0) is 16.8. The van der Waals surface area contributed by atoms with E-state index in [2.05, 4.69) is 0 Å². The van der Waals surface area contributed by atoms with Crippen molar-refractivity contribution in [3.05, 3.63) is 35.9 Å². The smallest absolute Gasteiger partial charge is 0.304 e. The molecule has 1 fully saturated rings. The summed E-state index contributed by atoms with van der Waals surface area (Å²) in [5.74, 6) is -1.72. The van der Waals surface area contributed by atoms with Gasteiger partial charge >= 0.3 is 5.97 Å². The van der Waals surface area contributed by atoms with Crippen molar-refractivity contribution in [1.29, 1.82) is 0 Å². The maximum Gasteiger partial charge on any atom is 0.304 e. The first kappa shape index (κ1) is 17.4. The van der Waals surface area contributed by atoms with Gasteiger partial charge in [0.25, 0.3) is 0 Å². The van der Waals surface area contributed by atoms with Crippen LogP contribution in [0.5, 0.6) is 0 Å². The monoisotopic (exact) mass is 320 g/mol. The van der Waals surface area contributed by atoms with Crippen molar-refractivity contribution in [3.8, 4) is 0 Å². The minimum absolute atomic E-state index is 0.108. The number of hydrogen-bond donors (Lipinski definition) is 2. The second-order valence-electron chi connectivity index (χ2n) is 6.03. The average molecular weight is 320 g/mol. The van der Waals surface area contributed by atoms with Gasteiger partial charge in [-0.15, -0.1) is 0 Å². The molecule has 0 aromatic heterocycles. The zero-order valence-corrected chi connectivity index (χ0v) is 13.4. The van der Waals surface area contributed by atoms with Gasteiger partial charge in [0.1, 0.15) is 0 Å². The lowest BCUT2D eigenvalue weighted by Crippen LogP contribution is -2.55. The van der Waals surface area contributed by atoms with Crippen molar-refractivity contribution < 1.29 is 19.4 Å². The van der Waals surface area contributed by atoms with E-state index in [-0.39, 0.29) is 24.4 Å². The van der Waals surface area contributed by atoms with E-state index in [1.165, 1.54) is 0 Å². The molecule has 3 N–H and O–H groups in total. The number of nitrogens with zero attached hydrogens (tertiary/aromatic N) is 1. The van der Waals surface area contributed by atoms with Gasteiger partial charge in [-0.05, 0) is 18.4 Å². The van der Waals surface area contributed by atoms with Crippen molar-refractivity contribution in [3.63, 3.8) is 0 Å². The largest absolute Gasteiger partial charge is 0.481 e. The summed E-state index contributed by atoms with van der Waals surface area (Å²) in [4.78, 5) is 25.6. The molecule has 0 aliphatic carbocycles. The number of hydrogen-bond acceptors (Lipinski definition) is 4. The fourth-order valence-electron chi connectivity index (χ4n) is 3.04. The lowest BCUT2D eigenvalue weighted by Gasteiger charge is -2.37. The quantitative estimate of drug-likeness (QED) is 0.812. The van der Waals surface area contributed by atoms with E-state index in [0.29, 0.717) is 26.1 Å². The molecule has 126 valence electrons. The van der Waals surface area contributed by atoms with E-state index in [9.17, 15) is 9.59 Å². The second-order valence-corrected chi connectivity index (χ2v) is 6.03. The standard InChI is InChI=1S/C17H24N2O4/c1-19(15-7-8-23-11-14(15)18)17(22)13(10-16(20)21)9-12-5-3-2-4-6-12/h2-6,13-15H,7-11,18H2,1H3,(H,20,21)/t13?,14-,15-/m0/s1. The van der Waals surface area contributed by atoms with Gasteiger partial charge in [-0.1, -0.05) is 30.3 Å². The Morgan fingerprint density at radius 1 is 1.39 bits per heavy atom. The summed E-state index contributed by atoms with van der Waals surface area (Å²) in [7, 11) is 1.71. The summed E-state index contributed by atoms with van der Waals surface area (Å²) < 4.78 is 5.31. The zero-order valence-electron chi connectivity index (χ0n) is 13.4. The number of ether oxygens (including phenoxy) is 1. The van der Waals surface area contributed by atoms with Crippen LogP contribution < -0.4 is 5.73 Å². The number of rotatable bonds is 6. The third-order valence-electron chi connectivity index (χ3n) is 4.30. The number of carboxylic acids is 1. The number of nitrogens with two attached hydrogens (primary N) is 1. The summed E-state index contributed by atoms with van der Waals surface area (Å²) in [6.07, 6.45) is 0.903. The van der Waals surface area contributed by atoms with E-state index >= 15 is 0 Å². The Morgan fingerprint density at radius 3 is 2.70 bits per heavy atom. The minimum atomic E-state index is -0.969. The molecule has 1 amide bonds. The third-order valence-corrected chi connectivity index (χ3v) is 4.30. The van der Waals surface area contributed by atoms with Crippen molar-refractivity contribution in [2.45, 2.75) is 31.3 Å². The molecule has 1 aromatic carbocycles. The van der Waals surface area contributed by atoms with Crippen LogP contribution in [-0.4, -0.2) is 54.2 Å². The number of carbonyl (C=O) groups is 2. The van der Waals surface area contributed by atoms with Gasteiger partial charge in [0, 0.05) is 19.7 Å². The summed E-state index contributed by atoms with van der Waals surface area (Å²) in [5.41, 5.74) is 6.99. The number of likely N-dealkylation sites (N-methyl/N-ethyl adjacent to an activating group) is 1. The number of carboxylic acid groups (broad SMARTS) is 1. The van der Waals surface area contributed by atoms with E-state index < -0.39 is 11.9 Å². The minimum Gasteiger partial charge on any atom is -0.481 e. The van der Waals surface area contributed by atoms with Gasteiger partial charge in [0.2, 0.25) is 5.91 Å². The van der Waals surface area contributed by atoms with E-state index in [0.717, 1.165) is 5.56 Å². The van der Waals surface area contributed by atoms with Crippen LogP contribution in [0.4, 0.5) is 0 Å². The Hall–Kier alpha value is -1.92. The van der Waals surface area contributed by atoms with Gasteiger partial charge in [-0.25, -0.2) is 0 Å². The number of benzene rings is 1. The normalized spacial score (nSPS) is 22.3. The van der Waals surface area contributed by atoms with Crippen molar-refractivity contribution in [2.75, 3.05) is 20.3 Å². The average Bonchev–Trinajstić information content (AvgIpc) is 2.54. The van der Waals surface area contributed by atoms with Crippen molar-refractivity contribution in [2.24, 2.45) is 11.7 Å². The van der Waals surface area contributed by atoms with Crippen LogP contribution in [0.25, 0.3) is 0 Å². The van der Waals surface area contributed by atoms with Gasteiger partial charge < -0.3 is 20.5 Å². The highest BCUT2D eigenvalue weighted by Gasteiger charge is 2.33. The topological polar surface area (TPSA) is 92.9 Å². The van der Waals surface area contributed by atoms with Crippen molar-refractivity contribution in [1.82, 2.24) is 4.90 Å². The molecule has 6 heteroatoms. The Morgan fingerprint density at radius 2 is 2.09 bits per heavy atom. The maximum atomic E-state index is 12.8. The van der Waals surface area contributed by atoms with Crippen LogP contribution in [0.3, 0.4) is 0 Å². The molecule has 1 aromatic rings. The lowest BCUT2D eigenvalue weighted by atomic mass is 9.93. The molecule has 23 heavy (non-hydrogen) atoms. The van der Waals surface area contributed by atoms with E-state index in [4.69, 9.17) is 15.6 Å². The van der Waals surface area contributed by atoms with Crippen LogP contribution >= 0.6 is 0 Å². The first-order valence-corrected chi connectivity index (χ1v) is 7.84. The van der Waals surface area contributed by atoms with Gasteiger partial charge in [-0.3, -0.25) is 9.59 Å². The summed E-state index contributed by atoms with van der Waals surface area (Å²) in [5, 5.41) is 9.14. The van der Waals surface area contributed by atoms with Gasteiger partial charge in [-0.2, -0.15) is 0 Å². The molecular weight excluding hydrogens is 296 g/mol. The molecule has 0 saturated carbocycles. The Kier molecular flexibility index (Phi) is 6.12. The molecule has 2 rings (SSSR count). The molecule has 1 heterocycles. The molecule has 0 bridgehead atoms. The third kappa shape index (κ3) is 4.77. The maximum absolute atomic E-state index is 12.8. The first-order chi connectivity index (χ1) is 11.0. The molecule has 1 aliphatic rings. The molecule has 1 aliphatic heterocycles. The van der Waals surface area contributed by atoms with Gasteiger partial charge in [0.05, 0.1) is 25.0 Å². The SMILES string of the molecule is CN(C(=O)C(CC(=O)O)Cc1ccccc1)[C@H]1CCOC[C@@H]1N. The fourth-order valence-corrected chi connectivity index (χ4v) is 3.04. The lowest BCUT2D eigenvalue weighted by molar-refractivity contribution is -0.146. The Bertz CT molecular complexity index is 535. The van der Waals surface area contributed by atoms with Crippen LogP contribution in [0.15, 0.2) is 30.3 Å². The number of carbonyl (C=O) groups excluding carboxylic acids is 1. The highest BCUT2D eigenvalue weighted by molar-refractivity contribution is 5.83. The Labute approximate surface area is 136 Å². The molecule has 1 saturated heterocycles. The highest BCUT2D eigenvalue weighted by atomic mass is 16.5. The molecule has 0 spiro atoms. The fraction of sp³-hybridized carbons (Fsp3) is 0.529. The van der Waals surface area contributed by atoms with E-state index in [1.54, 1.807) is 11.9 Å². The van der Waals surface area contributed by atoms with Crippen LogP contribution in [-0.2, 0) is 20.7 Å². The Balaban J connectivity index is 2.10. The van der Waals surface area contributed by atoms with Gasteiger partial charge in [0.15, 0.2) is 0 Å². The van der Waals surface area contributed by atoms with Crippen LogP contribution in [0, 0.1) is 5.92 Å². The summed E-state index contributed by atoms with van der Waals surface area (Å²) >= 11 is 0.